The van der Waals surface area contributed by atoms with E-state index in [1.807, 2.05) is 20.8 Å². The summed E-state index contributed by atoms with van der Waals surface area (Å²) >= 11 is 0. The topological polar surface area (TPSA) is 35.5 Å². The van der Waals surface area contributed by atoms with Crippen LogP contribution in [0.1, 0.15) is 129 Å². The van der Waals surface area contributed by atoms with Gasteiger partial charge >= 0.3 is 5.97 Å². The molecule has 0 aliphatic rings. The van der Waals surface area contributed by atoms with E-state index in [1.165, 1.54) is 77.0 Å². The molecular formula is C31H50O3. The second-order valence-corrected chi connectivity index (χ2v) is 10.4. The molecule has 0 aromatic heterocycles. The lowest BCUT2D eigenvalue weighted by atomic mass is 10.0. The molecular weight excluding hydrogens is 420 g/mol. The predicted molar refractivity (Wildman–Crippen MR) is 144 cm³/mol. The number of hydrogen-bond acceptors (Lipinski definition) is 3. The fourth-order valence-electron chi connectivity index (χ4n) is 3.85. The van der Waals surface area contributed by atoms with Crippen molar-refractivity contribution >= 4 is 5.97 Å². The summed E-state index contributed by atoms with van der Waals surface area (Å²) in [6.07, 6.45) is 18.6. The van der Waals surface area contributed by atoms with Gasteiger partial charge in [0.15, 0.2) is 0 Å². The van der Waals surface area contributed by atoms with Crippen molar-refractivity contribution in [2.24, 2.45) is 0 Å². The Morgan fingerprint density at radius 1 is 0.765 bits per heavy atom. The first-order chi connectivity index (χ1) is 16.4. The van der Waals surface area contributed by atoms with Gasteiger partial charge in [-0.05, 0) is 44.7 Å². The van der Waals surface area contributed by atoms with Crippen LogP contribution in [-0.4, -0.2) is 18.2 Å². The molecule has 0 heterocycles. The van der Waals surface area contributed by atoms with E-state index < -0.39 is 5.60 Å². The first kappa shape index (κ1) is 30.2. The smallest absolute Gasteiger partial charge is 0.306 e. The van der Waals surface area contributed by atoms with E-state index >= 15 is 0 Å². The molecule has 1 aromatic carbocycles. The number of rotatable bonds is 18. The second-order valence-electron chi connectivity index (χ2n) is 10.4. The molecule has 1 rings (SSSR count). The van der Waals surface area contributed by atoms with Crippen LogP contribution in [-0.2, 0) is 27.3 Å². The minimum atomic E-state index is -0.423. The number of carbonyl (C=O) groups is 1. The molecule has 1 aromatic rings. The van der Waals surface area contributed by atoms with Crippen molar-refractivity contribution in [2.45, 2.75) is 136 Å². The molecule has 0 saturated carbocycles. The molecule has 0 radical (unpaired) electrons. The molecule has 0 saturated heterocycles. The molecule has 0 fully saturated rings. The molecule has 0 bridgehead atoms. The first-order valence-electron chi connectivity index (χ1n) is 13.7. The Morgan fingerprint density at radius 3 is 1.85 bits per heavy atom. The van der Waals surface area contributed by atoms with Crippen LogP contribution in [0.25, 0.3) is 0 Å². The zero-order valence-corrected chi connectivity index (χ0v) is 22.6. The minimum Gasteiger partial charge on any atom is -0.460 e. The number of unbranched alkanes of at least 4 members (excludes halogenated alkanes) is 12. The highest BCUT2D eigenvalue weighted by Crippen LogP contribution is 2.13. The zero-order valence-electron chi connectivity index (χ0n) is 22.6. The highest BCUT2D eigenvalue weighted by atomic mass is 16.6. The Bertz CT molecular complexity index is 688. The number of ether oxygens (including phenoxy) is 2. The summed E-state index contributed by atoms with van der Waals surface area (Å²) in [6, 6.07) is 8.24. The number of hydrogen-bond donors (Lipinski definition) is 0. The van der Waals surface area contributed by atoms with E-state index in [2.05, 4.69) is 43.0 Å². The summed E-state index contributed by atoms with van der Waals surface area (Å²) < 4.78 is 11.0. The van der Waals surface area contributed by atoms with Gasteiger partial charge in [-0.3, -0.25) is 4.79 Å². The van der Waals surface area contributed by atoms with Crippen LogP contribution in [0, 0.1) is 11.8 Å². The summed E-state index contributed by atoms with van der Waals surface area (Å²) in [6.45, 7) is 9.01. The maximum absolute atomic E-state index is 11.8. The summed E-state index contributed by atoms with van der Waals surface area (Å²) in [7, 11) is 0. The molecule has 0 spiro atoms. The van der Waals surface area contributed by atoms with Crippen molar-refractivity contribution in [3.05, 3.63) is 35.4 Å². The van der Waals surface area contributed by atoms with Gasteiger partial charge in [0.05, 0.1) is 6.61 Å². The van der Waals surface area contributed by atoms with Crippen molar-refractivity contribution < 1.29 is 14.3 Å². The van der Waals surface area contributed by atoms with Crippen molar-refractivity contribution in [3.8, 4) is 11.8 Å². The minimum absolute atomic E-state index is 0.151. The van der Waals surface area contributed by atoms with Crippen LogP contribution in [0.2, 0.25) is 0 Å². The Kier molecular flexibility index (Phi) is 17.4. The van der Waals surface area contributed by atoms with Crippen LogP contribution in [0.4, 0.5) is 0 Å². The second kappa shape index (κ2) is 19.5. The Balaban J connectivity index is 1.97. The molecule has 3 nitrogen and oxygen atoms in total. The molecule has 0 atom stereocenters. The van der Waals surface area contributed by atoms with E-state index in [9.17, 15) is 4.79 Å². The summed E-state index contributed by atoms with van der Waals surface area (Å²) in [5, 5.41) is 0. The lowest BCUT2D eigenvalue weighted by Crippen LogP contribution is -2.23. The SMILES string of the molecule is CCCCCCCCCCCCCCC#CCOCc1ccc(CCC(=O)OC(C)(C)C)cc1. The van der Waals surface area contributed by atoms with Crippen LogP contribution < -0.4 is 0 Å². The predicted octanol–water partition coefficient (Wildman–Crippen LogP) is 8.57. The van der Waals surface area contributed by atoms with Crippen LogP contribution in [0.3, 0.4) is 0 Å². The van der Waals surface area contributed by atoms with Gasteiger partial charge in [0.2, 0.25) is 0 Å². The van der Waals surface area contributed by atoms with E-state index in [0.29, 0.717) is 26.1 Å². The van der Waals surface area contributed by atoms with Gasteiger partial charge < -0.3 is 9.47 Å². The van der Waals surface area contributed by atoms with Crippen LogP contribution in [0.5, 0.6) is 0 Å². The molecule has 0 unspecified atom stereocenters. The lowest BCUT2D eigenvalue weighted by molar-refractivity contribution is -0.154. The monoisotopic (exact) mass is 470 g/mol. The van der Waals surface area contributed by atoms with Gasteiger partial charge in [-0.25, -0.2) is 0 Å². The van der Waals surface area contributed by atoms with Gasteiger partial charge in [-0.1, -0.05) is 108 Å². The molecule has 0 aliphatic carbocycles. The Morgan fingerprint density at radius 2 is 1.29 bits per heavy atom. The number of esters is 1. The van der Waals surface area contributed by atoms with Crippen LogP contribution >= 0.6 is 0 Å². The number of aryl methyl sites for hydroxylation is 1. The first-order valence-corrected chi connectivity index (χ1v) is 13.7. The number of benzene rings is 1. The molecule has 0 N–H and O–H groups in total. The maximum Gasteiger partial charge on any atom is 0.306 e. The van der Waals surface area contributed by atoms with E-state index in [1.54, 1.807) is 0 Å². The largest absolute Gasteiger partial charge is 0.460 e. The average molecular weight is 471 g/mol. The highest BCUT2D eigenvalue weighted by molar-refractivity contribution is 5.70. The fraction of sp³-hybridized carbons (Fsp3) is 0.710. The summed E-state index contributed by atoms with van der Waals surface area (Å²) in [5.41, 5.74) is 1.84. The third-order valence-electron chi connectivity index (χ3n) is 5.78. The van der Waals surface area contributed by atoms with Crippen molar-refractivity contribution in [3.63, 3.8) is 0 Å². The molecule has 34 heavy (non-hydrogen) atoms. The van der Waals surface area contributed by atoms with Crippen molar-refractivity contribution in [1.82, 2.24) is 0 Å². The van der Waals surface area contributed by atoms with Crippen molar-refractivity contribution in [1.29, 1.82) is 0 Å². The average Bonchev–Trinajstić information content (AvgIpc) is 2.79. The van der Waals surface area contributed by atoms with E-state index in [4.69, 9.17) is 9.47 Å². The van der Waals surface area contributed by atoms with Gasteiger partial charge in [-0.15, -0.1) is 5.92 Å². The van der Waals surface area contributed by atoms with E-state index in [-0.39, 0.29) is 5.97 Å². The normalized spacial score (nSPS) is 11.2. The molecule has 192 valence electrons. The Labute approximate surface area is 210 Å². The molecule has 0 aliphatic heterocycles. The zero-order chi connectivity index (χ0) is 24.9. The highest BCUT2D eigenvalue weighted by Gasteiger charge is 2.15. The summed E-state index contributed by atoms with van der Waals surface area (Å²) in [4.78, 5) is 11.8. The van der Waals surface area contributed by atoms with Gasteiger partial charge in [0.1, 0.15) is 12.2 Å². The van der Waals surface area contributed by atoms with Gasteiger partial charge in [0.25, 0.3) is 0 Å². The van der Waals surface area contributed by atoms with Crippen molar-refractivity contribution in [2.75, 3.05) is 6.61 Å². The fourth-order valence-corrected chi connectivity index (χ4v) is 3.85. The van der Waals surface area contributed by atoms with Crippen LogP contribution in [0.15, 0.2) is 24.3 Å². The third-order valence-corrected chi connectivity index (χ3v) is 5.78. The van der Waals surface area contributed by atoms with E-state index in [0.717, 1.165) is 17.5 Å². The lowest BCUT2D eigenvalue weighted by Gasteiger charge is -2.19. The molecule has 3 heteroatoms. The maximum atomic E-state index is 11.8. The standard InChI is InChI=1S/C31H50O3/c1-5-6-7-8-9-10-11-12-13-14-15-16-17-18-19-26-33-27-29-22-20-28(21-23-29)24-25-30(32)34-31(2,3)4/h20-23H,5-17,24-27H2,1-4H3. The number of carbonyl (C=O) groups excluding carboxylic acids is 1. The third kappa shape index (κ3) is 18.6. The quantitative estimate of drug-likeness (QED) is 0.122. The molecule has 0 amide bonds. The summed E-state index contributed by atoms with van der Waals surface area (Å²) in [5.74, 6) is 6.22. The Hall–Kier alpha value is -1.79. The van der Waals surface area contributed by atoms with Gasteiger partial charge in [-0.2, -0.15) is 0 Å². The van der Waals surface area contributed by atoms with Gasteiger partial charge in [0, 0.05) is 12.8 Å².